The quantitative estimate of drug-likeness (QED) is 0.521. The molecule has 2 heterocycles. The zero-order valence-corrected chi connectivity index (χ0v) is 16.0. The van der Waals surface area contributed by atoms with Crippen molar-refractivity contribution in [2.75, 3.05) is 7.11 Å². The van der Waals surface area contributed by atoms with Crippen molar-refractivity contribution < 1.29 is 14.1 Å². The maximum absolute atomic E-state index is 12.2. The lowest BCUT2D eigenvalue weighted by Gasteiger charge is -2.07. The van der Waals surface area contributed by atoms with Crippen LogP contribution in [-0.2, 0) is 17.8 Å². The summed E-state index contributed by atoms with van der Waals surface area (Å²) in [5.41, 5.74) is 1.86. The first-order valence-corrected chi connectivity index (χ1v) is 9.27. The zero-order chi connectivity index (χ0) is 20.1. The van der Waals surface area contributed by atoms with Crippen molar-refractivity contribution in [2.45, 2.75) is 19.4 Å². The number of carbonyl (C=O) groups is 1. The number of nitrogens with zero attached hydrogens (tertiary/aromatic N) is 3. The molecule has 0 atom stereocenters. The van der Waals surface area contributed by atoms with Crippen molar-refractivity contribution in [2.24, 2.45) is 0 Å². The molecule has 0 aliphatic heterocycles. The molecular weight excluding hydrogens is 368 g/mol. The third kappa shape index (κ3) is 4.57. The van der Waals surface area contributed by atoms with Gasteiger partial charge in [0, 0.05) is 37.3 Å². The molecule has 7 heteroatoms. The minimum atomic E-state index is -0.0662. The molecule has 146 valence electrons. The van der Waals surface area contributed by atoms with Gasteiger partial charge in [0.05, 0.1) is 7.11 Å². The lowest BCUT2D eigenvalue weighted by Crippen LogP contribution is -2.23. The highest BCUT2D eigenvalue weighted by Crippen LogP contribution is 2.22. The van der Waals surface area contributed by atoms with Crippen LogP contribution in [0.25, 0.3) is 22.2 Å². The summed E-state index contributed by atoms with van der Waals surface area (Å²) in [6.07, 6.45) is 4.01. The van der Waals surface area contributed by atoms with E-state index in [1.807, 2.05) is 30.3 Å². The maximum Gasteiger partial charge on any atom is 0.227 e. The van der Waals surface area contributed by atoms with Crippen LogP contribution in [0.3, 0.4) is 0 Å². The number of benzene rings is 2. The van der Waals surface area contributed by atoms with Crippen LogP contribution in [0.5, 0.6) is 5.75 Å². The molecule has 1 N–H and O–H groups in total. The summed E-state index contributed by atoms with van der Waals surface area (Å²) >= 11 is 0. The second kappa shape index (κ2) is 8.52. The summed E-state index contributed by atoms with van der Waals surface area (Å²) < 4.78 is 10.5. The number of ether oxygens (including phenoxy) is 1. The van der Waals surface area contributed by atoms with E-state index in [-0.39, 0.29) is 12.3 Å². The molecule has 0 fully saturated rings. The van der Waals surface area contributed by atoms with Crippen molar-refractivity contribution in [3.8, 4) is 17.1 Å². The van der Waals surface area contributed by atoms with E-state index in [1.54, 1.807) is 31.6 Å². The van der Waals surface area contributed by atoms with E-state index in [2.05, 4.69) is 26.5 Å². The summed E-state index contributed by atoms with van der Waals surface area (Å²) in [6.45, 7) is 0.465. The molecule has 0 spiro atoms. The predicted molar refractivity (Wildman–Crippen MR) is 108 cm³/mol. The SMILES string of the molecule is COc1ccc2cc(CNC(=O)CCc3nc(-c4ccncc4)no3)ccc2c1. The van der Waals surface area contributed by atoms with Crippen LogP contribution in [0, 0.1) is 0 Å². The Morgan fingerprint density at radius 3 is 2.69 bits per heavy atom. The number of rotatable bonds is 7. The minimum Gasteiger partial charge on any atom is -0.497 e. The molecule has 2 aromatic carbocycles. The standard InChI is InChI=1S/C22H20N4O3/c1-28-19-5-4-17-12-15(2-3-18(17)13-19)14-24-20(27)6-7-21-25-22(26-29-21)16-8-10-23-11-9-16/h2-5,8-13H,6-7,14H2,1H3,(H,24,27). The van der Waals surface area contributed by atoms with Crippen LogP contribution in [0.15, 0.2) is 65.4 Å². The molecule has 2 aromatic heterocycles. The van der Waals surface area contributed by atoms with Gasteiger partial charge in [-0.1, -0.05) is 23.4 Å². The van der Waals surface area contributed by atoms with Gasteiger partial charge in [-0.2, -0.15) is 4.98 Å². The average molecular weight is 388 g/mol. The third-order valence-electron chi connectivity index (χ3n) is 4.57. The van der Waals surface area contributed by atoms with Crippen molar-refractivity contribution in [1.82, 2.24) is 20.4 Å². The molecule has 0 bridgehead atoms. The second-order valence-electron chi connectivity index (χ2n) is 6.57. The smallest absolute Gasteiger partial charge is 0.227 e. The van der Waals surface area contributed by atoms with Crippen molar-refractivity contribution in [3.05, 3.63) is 72.4 Å². The second-order valence-corrected chi connectivity index (χ2v) is 6.57. The summed E-state index contributed by atoms with van der Waals surface area (Å²) in [5, 5.41) is 9.08. The van der Waals surface area contributed by atoms with Crippen LogP contribution < -0.4 is 10.1 Å². The van der Waals surface area contributed by atoms with Crippen molar-refractivity contribution in [3.63, 3.8) is 0 Å². The van der Waals surface area contributed by atoms with Gasteiger partial charge in [0.1, 0.15) is 5.75 Å². The van der Waals surface area contributed by atoms with Crippen molar-refractivity contribution in [1.29, 1.82) is 0 Å². The van der Waals surface area contributed by atoms with Crippen LogP contribution in [0.1, 0.15) is 17.9 Å². The lowest BCUT2D eigenvalue weighted by molar-refractivity contribution is -0.121. The first kappa shape index (κ1) is 18.6. The molecular formula is C22H20N4O3. The Kier molecular flexibility index (Phi) is 5.47. The number of nitrogens with one attached hydrogen (secondary N) is 1. The number of amides is 1. The number of fused-ring (bicyclic) bond motifs is 1. The highest BCUT2D eigenvalue weighted by atomic mass is 16.5. The van der Waals surface area contributed by atoms with E-state index in [9.17, 15) is 4.79 Å². The fraction of sp³-hybridized carbons (Fsp3) is 0.182. The van der Waals surface area contributed by atoms with Crippen LogP contribution in [-0.4, -0.2) is 28.1 Å². The van der Waals surface area contributed by atoms with E-state index < -0.39 is 0 Å². The van der Waals surface area contributed by atoms with E-state index >= 15 is 0 Å². The Balaban J connectivity index is 1.30. The Morgan fingerprint density at radius 1 is 1.07 bits per heavy atom. The van der Waals surface area contributed by atoms with Gasteiger partial charge in [0.2, 0.25) is 17.6 Å². The molecule has 4 aromatic rings. The van der Waals surface area contributed by atoms with Crippen LogP contribution >= 0.6 is 0 Å². The van der Waals surface area contributed by atoms with Gasteiger partial charge < -0.3 is 14.6 Å². The van der Waals surface area contributed by atoms with Crippen LogP contribution in [0.2, 0.25) is 0 Å². The molecule has 0 aliphatic rings. The number of pyridine rings is 1. The van der Waals surface area contributed by atoms with Crippen molar-refractivity contribution >= 4 is 16.7 Å². The Bertz CT molecular complexity index is 1130. The minimum absolute atomic E-state index is 0.0662. The normalized spacial score (nSPS) is 10.8. The number of hydrogen-bond acceptors (Lipinski definition) is 6. The van der Waals surface area contributed by atoms with Gasteiger partial charge in [0.15, 0.2) is 0 Å². The molecule has 7 nitrogen and oxygen atoms in total. The molecule has 0 saturated heterocycles. The average Bonchev–Trinajstić information content (AvgIpc) is 3.25. The maximum atomic E-state index is 12.2. The number of carbonyl (C=O) groups excluding carboxylic acids is 1. The highest BCUT2D eigenvalue weighted by molar-refractivity contribution is 5.84. The summed E-state index contributed by atoms with van der Waals surface area (Å²) in [4.78, 5) is 20.5. The lowest BCUT2D eigenvalue weighted by atomic mass is 10.1. The van der Waals surface area contributed by atoms with E-state index in [4.69, 9.17) is 9.26 Å². The summed E-state index contributed by atoms with van der Waals surface area (Å²) in [6, 6.07) is 15.6. The number of hydrogen-bond donors (Lipinski definition) is 1. The van der Waals surface area contributed by atoms with Gasteiger partial charge >= 0.3 is 0 Å². The van der Waals surface area contributed by atoms with Gasteiger partial charge in [-0.3, -0.25) is 9.78 Å². The summed E-state index contributed by atoms with van der Waals surface area (Å²) in [7, 11) is 1.65. The van der Waals surface area contributed by atoms with E-state index in [1.165, 1.54) is 0 Å². The van der Waals surface area contributed by atoms with Gasteiger partial charge in [-0.05, 0) is 46.7 Å². The number of methoxy groups -OCH3 is 1. The fourth-order valence-electron chi connectivity index (χ4n) is 2.99. The van der Waals surface area contributed by atoms with Gasteiger partial charge in [-0.15, -0.1) is 0 Å². The first-order chi connectivity index (χ1) is 14.2. The Morgan fingerprint density at radius 2 is 1.86 bits per heavy atom. The summed E-state index contributed by atoms with van der Waals surface area (Å²) in [5.74, 6) is 1.69. The number of aryl methyl sites for hydroxylation is 1. The van der Waals surface area contributed by atoms with Gasteiger partial charge in [0.25, 0.3) is 0 Å². The third-order valence-corrected chi connectivity index (χ3v) is 4.57. The van der Waals surface area contributed by atoms with E-state index in [0.717, 1.165) is 27.6 Å². The molecule has 1 amide bonds. The topological polar surface area (TPSA) is 90.1 Å². The molecule has 0 radical (unpaired) electrons. The highest BCUT2D eigenvalue weighted by Gasteiger charge is 2.10. The molecule has 4 rings (SSSR count). The van der Waals surface area contributed by atoms with Crippen LogP contribution in [0.4, 0.5) is 0 Å². The molecule has 29 heavy (non-hydrogen) atoms. The Hall–Kier alpha value is -3.74. The molecule has 0 unspecified atom stereocenters. The predicted octanol–water partition coefficient (Wildman–Crippen LogP) is 3.54. The monoisotopic (exact) mass is 388 g/mol. The zero-order valence-electron chi connectivity index (χ0n) is 16.0. The fourth-order valence-corrected chi connectivity index (χ4v) is 2.99. The Labute approximate surface area is 167 Å². The molecule has 0 saturated carbocycles. The van der Waals surface area contributed by atoms with Gasteiger partial charge in [-0.25, -0.2) is 0 Å². The first-order valence-electron chi connectivity index (χ1n) is 9.27. The largest absolute Gasteiger partial charge is 0.497 e. The van der Waals surface area contributed by atoms with E-state index in [0.29, 0.717) is 24.7 Å². The molecule has 0 aliphatic carbocycles. The number of aromatic nitrogens is 3.